The van der Waals surface area contributed by atoms with Crippen molar-refractivity contribution < 1.29 is 13.2 Å². The Kier molecular flexibility index (Phi) is 5.93. The number of benzene rings is 1. The molecule has 1 aromatic carbocycles. The summed E-state index contributed by atoms with van der Waals surface area (Å²) in [5.41, 5.74) is 2.04. The van der Waals surface area contributed by atoms with Gasteiger partial charge in [-0.1, -0.05) is 6.92 Å². The van der Waals surface area contributed by atoms with Crippen LogP contribution < -0.4 is 5.32 Å². The van der Waals surface area contributed by atoms with Crippen molar-refractivity contribution >= 4 is 15.9 Å². The lowest BCUT2D eigenvalue weighted by atomic mass is 10.0. The normalized spacial score (nSPS) is 22.8. The van der Waals surface area contributed by atoms with Crippen LogP contribution in [0.15, 0.2) is 17.0 Å². The second-order valence-corrected chi connectivity index (χ2v) is 9.96. The Bertz CT molecular complexity index is 814. The molecule has 0 aliphatic carbocycles. The third kappa shape index (κ3) is 4.05. The van der Waals surface area contributed by atoms with Crippen LogP contribution in [0.25, 0.3) is 0 Å². The summed E-state index contributed by atoms with van der Waals surface area (Å²) < 4.78 is 28.1. The van der Waals surface area contributed by atoms with E-state index in [-0.39, 0.29) is 16.8 Å². The second kappa shape index (κ2) is 7.89. The van der Waals surface area contributed by atoms with Crippen LogP contribution in [0, 0.1) is 19.8 Å². The van der Waals surface area contributed by atoms with Gasteiger partial charge in [0.25, 0.3) is 5.91 Å². The van der Waals surface area contributed by atoms with Gasteiger partial charge in [-0.3, -0.25) is 4.79 Å². The van der Waals surface area contributed by atoms with Crippen LogP contribution in [-0.4, -0.2) is 62.3 Å². The first kappa shape index (κ1) is 20.3. The Morgan fingerprint density at radius 1 is 1.11 bits per heavy atom. The van der Waals surface area contributed by atoms with E-state index in [0.717, 1.165) is 37.1 Å². The van der Waals surface area contributed by atoms with E-state index < -0.39 is 10.0 Å². The fourth-order valence-corrected chi connectivity index (χ4v) is 5.68. The van der Waals surface area contributed by atoms with Crippen molar-refractivity contribution in [2.24, 2.45) is 5.92 Å². The van der Waals surface area contributed by atoms with Gasteiger partial charge in [-0.25, -0.2) is 8.42 Å². The minimum atomic E-state index is -3.59. The van der Waals surface area contributed by atoms with E-state index in [2.05, 4.69) is 12.2 Å². The summed E-state index contributed by atoms with van der Waals surface area (Å²) in [7, 11) is -3.59. The fourth-order valence-electron chi connectivity index (χ4n) is 3.89. The monoisotopic (exact) mass is 393 g/mol. The number of amides is 1. The molecule has 0 aromatic heterocycles. The van der Waals surface area contributed by atoms with Crippen molar-refractivity contribution in [3.8, 4) is 0 Å². The Balaban J connectivity index is 1.95. The smallest absolute Gasteiger partial charge is 0.254 e. The first-order valence-corrected chi connectivity index (χ1v) is 11.3. The molecule has 0 bridgehead atoms. The van der Waals surface area contributed by atoms with Crippen LogP contribution in [0.3, 0.4) is 0 Å². The van der Waals surface area contributed by atoms with Gasteiger partial charge in [-0.05, 0) is 62.8 Å². The molecule has 2 saturated heterocycles. The van der Waals surface area contributed by atoms with Gasteiger partial charge in [0.2, 0.25) is 10.0 Å². The summed E-state index contributed by atoms with van der Waals surface area (Å²) in [5, 5.41) is 3.28. The van der Waals surface area contributed by atoms with E-state index in [1.807, 2.05) is 31.7 Å². The fraction of sp³-hybridized carbons (Fsp3) is 0.650. The molecule has 2 aliphatic rings. The molecule has 1 aromatic rings. The van der Waals surface area contributed by atoms with Crippen molar-refractivity contribution in [1.82, 2.24) is 14.5 Å². The van der Waals surface area contributed by atoms with Gasteiger partial charge in [-0.2, -0.15) is 4.31 Å². The van der Waals surface area contributed by atoms with Crippen molar-refractivity contribution in [1.29, 1.82) is 0 Å². The molecule has 27 heavy (non-hydrogen) atoms. The number of nitrogens with zero attached hydrogens (tertiary/aromatic N) is 2. The molecule has 2 aliphatic heterocycles. The van der Waals surface area contributed by atoms with E-state index in [1.165, 1.54) is 0 Å². The minimum Gasteiger partial charge on any atom is -0.333 e. The highest BCUT2D eigenvalue weighted by molar-refractivity contribution is 7.89. The summed E-state index contributed by atoms with van der Waals surface area (Å²) in [6.07, 6.45) is 1.77. The van der Waals surface area contributed by atoms with Crippen LogP contribution in [0.1, 0.15) is 48.2 Å². The first-order valence-electron chi connectivity index (χ1n) is 9.85. The lowest BCUT2D eigenvalue weighted by Crippen LogP contribution is -2.52. The molecule has 1 amide bonds. The average molecular weight is 394 g/mol. The molecule has 3 rings (SSSR count). The number of aryl methyl sites for hydroxylation is 1. The first-order chi connectivity index (χ1) is 12.7. The van der Waals surface area contributed by atoms with Crippen molar-refractivity contribution in [3.63, 3.8) is 0 Å². The molecular formula is C20H31N3O3S. The van der Waals surface area contributed by atoms with E-state index >= 15 is 0 Å². The molecule has 2 fully saturated rings. The number of carbonyl (C=O) groups is 1. The number of nitrogens with one attached hydrogen (secondary N) is 1. The molecule has 6 nitrogen and oxygen atoms in total. The highest BCUT2D eigenvalue weighted by Gasteiger charge is 2.31. The SMILES string of the molecule is Cc1cc(C(=O)N2CCNC[C@@H]2C)cc(S(=O)(=O)N2CCC(C)CC2)c1C. The molecule has 0 saturated carbocycles. The van der Waals surface area contributed by atoms with Crippen LogP contribution >= 0.6 is 0 Å². The zero-order valence-corrected chi connectivity index (χ0v) is 17.6. The molecule has 0 unspecified atom stereocenters. The summed E-state index contributed by atoms with van der Waals surface area (Å²) in [6.45, 7) is 11.1. The van der Waals surface area contributed by atoms with Gasteiger partial charge in [0, 0.05) is 44.3 Å². The lowest BCUT2D eigenvalue weighted by molar-refractivity contribution is 0.0655. The summed E-state index contributed by atoms with van der Waals surface area (Å²) in [6, 6.07) is 3.51. The number of carbonyl (C=O) groups excluding carboxylic acids is 1. The largest absolute Gasteiger partial charge is 0.333 e. The number of sulfonamides is 1. The summed E-state index contributed by atoms with van der Waals surface area (Å²) >= 11 is 0. The molecule has 150 valence electrons. The molecule has 2 heterocycles. The number of piperazine rings is 1. The highest BCUT2D eigenvalue weighted by atomic mass is 32.2. The topological polar surface area (TPSA) is 69.7 Å². The van der Waals surface area contributed by atoms with Crippen LogP contribution in [0.2, 0.25) is 0 Å². The Labute approximate surface area is 163 Å². The molecule has 1 N–H and O–H groups in total. The van der Waals surface area contributed by atoms with E-state index in [0.29, 0.717) is 31.1 Å². The molecule has 0 spiro atoms. The zero-order chi connectivity index (χ0) is 19.8. The molecular weight excluding hydrogens is 362 g/mol. The van der Waals surface area contributed by atoms with Crippen molar-refractivity contribution in [3.05, 3.63) is 28.8 Å². The minimum absolute atomic E-state index is 0.0872. The maximum absolute atomic E-state index is 13.3. The third-order valence-corrected chi connectivity index (χ3v) is 8.01. The van der Waals surface area contributed by atoms with E-state index in [1.54, 1.807) is 10.4 Å². The van der Waals surface area contributed by atoms with Gasteiger partial charge in [-0.15, -0.1) is 0 Å². The Hall–Kier alpha value is -1.44. The van der Waals surface area contributed by atoms with Gasteiger partial charge in [0.15, 0.2) is 0 Å². The highest BCUT2D eigenvalue weighted by Crippen LogP contribution is 2.28. The number of hydrogen-bond donors (Lipinski definition) is 1. The third-order valence-electron chi connectivity index (χ3n) is 5.99. The van der Waals surface area contributed by atoms with Crippen molar-refractivity contribution in [2.45, 2.75) is 51.5 Å². The van der Waals surface area contributed by atoms with Gasteiger partial charge < -0.3 is 10.2 Å². The molecule has 0 radical (unpaired) electrons. The quantitative estimate of drug-likeness (QED) is 0.854. The van der Waals surface area contributed by atoms with E-state index in [4.69, 9.17) is 0 Å². The van der Waals surface area contributed by atoms with Gasteiger partial charge >= 0.3 is 0 Å². The maximum Gasteiger partial charge on any atom is 0.254 e. The second-order valence-electron chi connectivity index (χ2n) is 8.05. The van der Waals surface area contributed by atoms with Gasteiger partial charge in [0.05, 0.1) is 4.90 Å². The zero-order valence-electron chi connectivity index (χ0n) is 16.8. The average Bonchev–Trinajstić information content (AvgIpc) is 2.64. The summed E-state index contributed by atoms with van der Waals surface area (Å²) in [4.78, 5) is 15.2. The Morgan fingerprint density at radius 2 is 1.78 bits per heavy atom. The Morgan fingerprint density at radius 3 is 2.41 bits per heavy atom. The predicted molar refractivity (Wildman–Crippen MR) is 106 cm³/mol. The van der Waals surface area contributed by atoms with Crippen LogP contribution in [0.4, 0.5) is 0 Å². The van der Waals surface area contributed by atoms with Crippen LogP contribution in [-0.2, 0) is 10.0 Å². The van der Waals surface area contributed by atoms with Crippen molar-refractivity contribution in [2.75, 3.05) is 32.7 Å². The number of piperidine rings is 1. The molecule has 1 atom stereocenters. The summed E-state index contributed by atoms with van der Waals surface area (Å²) in [5.74, 6) is 0.470. The predicted octanol–water partition coefficient (Wildman–Crippen LogP) is 2.16. The maximum atomic E-state index is 13.3. The number of rotatable bonds is 3. The standard InChI is InChI=1S/C20H31N3O3S/c1-14-5-8-22(9-6-14)27(25,26)19-12-18(11-15(2)17(19)4)20(24)23-10-7-21-13-16(23)3/h11-12,14,16,21H,5-10,13H2,1-4H3/t16-/m0/s1. The van der Waals surface area contributed by atoms with Gasteiger partial charge in [0.1, 0.15) is 0 Å². The molecule has 7 heteroatoms. The lowest BCUT2D eigenvalue weighted by Gasteiger charge is -2.34. The number of hydrogen-bond acceptors (Lipinski definition) is 4. The van der Waals surface area contributed by atoms with E-state index in [9.17, 15) is 13.2 Å². The van der Waals surface area contributed by atoms with Crippen LogP contribution in [0.5, 0.6) is 0 Å².